The van der Waals surface area contributed by atoms with Gasteiger partial charge in [0.15, 0.2) is 0 Å². The average molecular weight is 264 g/mol. The van der Waals surface area contributed by atoms with Crippen LogP contribution in [0.25, 0.3) is 0 Å². The molecule has 0 atom stereocenters. The number of ether oxygens (including phenoxy) is 1. The molecule has 0 saturated carbocycles. The molecule has 1 aromatic rings. The van der Waals surface area contributed by atoms with Crippen LogP contribution >= 0.6 is 0 Å². The highest BCUT2D eigenvalue weighted by Crippen LogP contribution is 2.18. The van der Waals surface area contributed by atoms with Crippen molar-refractivity contribution in [2.24, 2.45) is 0 Å². The Morgan fingerprint density at radius 2 is 2.05 bits per heavy atom. The van der Waals surface area contributed by atoms with Gasteiger partial charge in [0.1, 0.15) is 0 Å². The predicted octanol–water partition coefficient (Wildman–Crippen LogP) is 2.58. The van der Waals surface area contributed by atoms with Gasteiger partial charge in [-0.05, 0) is 45.4 Å². The number of nitrogens with one attached hydrogen (secondary N) is 2. The Hall–Kier alpha value is -1.55. The molecular formula is C15H24N2O2. The Morgan fingerprint density at radius 1 is 1.37 bits per heavy atom. The van der Waals surface area contributed by atoms with Crippen LogP contribution in [0.2, 0.25) is 0 Å². The summed E-state index contributed by atoms with van der Waals surface area (Å²) in [6.07, 6.45) is 0. The van der Waals surface area contributed by atoms with Gasteiger partial charge in [0.25, 0.3) is 5.91 Å². The monoisotopic (exact) mass is 264 g/mol. The summed E-state index contributed by atoms with van der Waals surface area (Å²) in [6.45, 7) is 9.16. The van der Waals surface area contributed by atoms with Crippen molar-refractivity contribution in [1.29, 1.82) is 0 Å². The molecule has 4 nitrogen and oxygen atoms in total. The van der Waals surface area contributed by atoms with E-state index >= 15 is 0 Å². The number of carbonyl (C=O) groups is 1. The lowest BCUT2D eigenvalue weighted by molar-refractivity contribution is 0.0821. The molecule has 0 aliphatic carbocycles. The number of benzene rings is 1. The van der Waals surface area contributed by atoms with Crippen molar-refractivity contribution in [2.45, 2.75) is 33.2 Å². The third kappa shape index (κ3) is 4.56. The molecule has 2 N–H and O–H groups in total. The second kappa shape index (κ2) is 6.57. The Kier molecular flexibility index (Phi) is 5.36. The first-order chi connectivity index (χ1) is 8.89. The fourth-order valence-corrected chi connectivity index (χ4v) is 1.96. The molecule has 1 amide bonds. The molecule has 106 valence electrons. The number of hydrogen-bond acceptors (Lipinski definition) is 3. The van der Waals surface area contributed by atoms with Crippen LogP contribution in [0.1, 0.15) is 36.7 Å². The summed E-state index contributed by atoms with van der Waals surface area (Å²) in [5, 5.41) is 6.21. The van der Waals surface area contributed by atoms with Crippen LogP contribution in [0.4, 0.5) is 5.69 Å². The van der Waals surface area contributed by atoms with Gasteiger partial charge in [0, 0.05) is 19.3 Å². The van der Waals surface area contributed by atoms with Crippen molar-refractivity contribution in [2.75, 3.05) is 25.6 Å². The highest BCUT2D eigenvalue weighted by Gasteiger charge is 2.22. The van der Waals surface area contributed by atoms with E-state index in [0.29, 0.717) is 12.2 Å². The molecule has 0 aliphatic rings. The quantitative estimate of drug-likeness (QED) is 0.830. The van der Waals surface area contributed by atoms with Gasteiger partial charge in [0.05, 0.1) is 17.7 Å². The minimum absolute atomic E-state index is 0.0852. The van der Waals surface area contributed by atoms with Crippen LogP contribution in [0.15, 0.2) is 18.2 Å². The number of hydrogen-bond donors (Lipinski definition) is 2. The SMILES string of the molecule is CCNc1cc(C)ccc1C(=O)NC(C)(C)COC. The number of rotatable bonds is 6. The summed E-state index contributed by atoms with van der Waals surface area (Å²) in [7, 11) is 1.63. The fourth-order valence-electron chi connectivity index (χ4n) is 1.96. The van der Waals surface area contributed by atoms with Gasteiger partial charge in [-0.3, -0.25) is 4.79 Å². The van der Waals surface area contributed by atoms with E-state index in [0.717, 1.165) is 17.8 Å². The lowest BCUT2D eigenvalue weighted by Gasteiger charge is -2.26. The number of amides is 1. The molecule has 0 heterocycles. The zero-order chi connectivity index (χ0) is 14.5. The molecule has 0 unspecified atom stereocenters. The van der Waals surface area contributed by atoms with Gasteiger partial charge in [-0.2, -0.15) is 0 Å². The van der Waals surface area contributed by atoms with E-state index in [1.165, 1.54) is 0 Å². The Bertz CT molecular complexity index is 442. The van der Waals surface area contributed by atoms with Crippen molar-refractivity contribution in [3.8, 4) is 0 Å². The lowest BCUT2D eigenvalue weighted by atomic mass is 10.0. The molecule has 0 spiro atoms. The van der Waals surface area contributed by atoms with Crippen LogP contribution in [-0.2, 0) is 4.74 Å². The van der Waals surface area contributed by atoms with Crippen LogP contribution in [0, 0.1) is 6.92 Å². The average Bonchev–Trinajstić information content (AvgIpc) is 2.28. The molecule has 1 rings (SSSR count). The molecule has 19 heavy (non-hydrogen) atoms. The molecule has 4 heteroatoms. The molecule has 0 aromatic heterocycles. The van der Waals surface area contributed by atoms with Crippen molar-refractivity contribution in [3.05, 3.63) is 29.3 Å². The normalized spacial score (nSPS) is 11.2. The summed E-state index contributed by atoms with van der Waals surface area (Å²) in [5.74, 6) is -0.0852. The predicted molar refractivity (Wildman–Crippen MR) is 78.8 cm³/mol. The maximum Gasteiger partial charge on any atom is 0.253 e. The first-order valence-electron chi connectivity index (χ1n) is 6.55. The molecule has 0 fully saturated rings. The first-order valence-corrected chi connectivity index (χ1v) is 6.55. The largest absolute Gasteiger partial charge is 0.385 e. The Labute approximate surface area is 115 Å². The highest BCUT2D eigenvalue weighted by atomic mass is 16.5. The second-order valence-electron chi connectivity index (χ2n) is 5.35. The van der Waals surface area contributed by atoms with E-state index in [9.17, 15) is 4.79 Å². The van der Waals surface area contributed by atoms with Gasteiger partial charge >= 0.3 is 0 Å². The van der Waals surface area contributed by atoms with Crippen LogP contribution in [0.5, 0.6) is 0 Å². The van der Waals surface area contributed by atoms with Crippen molar-refractivity contribution < 1.29 is 9.53 Å². The number of carbonyl (C=O) groups excluding carboxylic acids is 1. The number of anilines is 1. The smallest absolute Gasteiger partial charge is 0.253 e. The molecular weight excluding hydrogens is 240 g/mol. The summed E-state index contributed by atoms with van der Waals surface area (Å²) in [6, 6.07) is 5.78. The minimum Gasteiger partial charge on any atom is -0.385 e. The van der Waals surface area contributed by atoms with Gasteiger partial charge in [0.2, 0.25) is 0 Å². The van der Waals surface area contributed by atoms with Crippen LogP contribution in [0.3, 0.4) is 0 Å². The maximum atomic E-state index is 12.3. The van der Waals surface area contributed by atoms with E-state index in [-0.39, 0.29) is 11.4 Å². The Morgan fingerprint density at radius 3 is 2.63 bits per heavy atom. The van der Waals surface area contributed by atoms with E-state index < -0.39 is 0 Å². The second-order valence-corrected chi connectivity index (χ2v) is 5.35. The summed E-state index contributed by atoms with van der Waals surface area (Å²) >= 11 is 0. The zero-order valence-electron chi connectivity index (χ0n) is 12.5. The van der Waals surface area contributed by atoms with E-state index in [2.05, 4.69) is 10.6 Å². The van der Waals surface area contributed by atoms with Crippen LogP contribution < -0.4 is 10.6 Å². The number of methoxy groups -OCH3 is 1. The summed E-state index contributed by atoms with van der Waals surface area (Å²) in [4.78, 5) is 12.3. The van der Waals surface area contributed by atoms with Gasteiger partial charge in [-0.1, -0.05) is 6.07 Å². The molecule has 1 aromatic carbocycles. The zero-order valence-corrected chi connectivity index (χ0v) is 12.5. The van der Waals surface area contributed by atoms with Crippen molar-refractivity contribution in [1.82, 2.24) is 5.32 Å². The fraction of sp³-hybridized carbons (Fsp3) is 0.533. The third-order valence-electron chi connectivity index (χ3n) is 2.74. The van der Waals surface area contributed by atoms with Gasteiger partial charge in [-0.15, -0.1) is 0 Å². The molecule has 0 saturated heterocycles. The summed E-state index contributed by atoms with van der Waals surface area (Å²) in [5.41, 5.74) is 2.27. The van der Waals surface area contributed by atoms with E-state index in [1.54, 1.807) is 7.11 Å². The lowest BCUT2D eigenvalue weighted by Crippen LogP contribution is -2.46. The minimum atomic E-state index is -0.389. The first kappa shape index (κ1) is 15.5. The van der Waals surface area contributed by atoms with E-state index in [4.69, 9.17) is 4.74 Å². The third-order valence-corrected chi connectivity index (χ3v) is 2.74. The number of aryl methyl sites for hydroxylation is 1. The van der Waals surface area contributed by atoms with Crippen molar-refractivity contribution >= 4 is 11.6 Å². The Balaban J connectivity index is 2.93. The highest BCUT2D eigenvalue weighted by molar-refractivity contribution is 6.00. The van der Waals surface area contributed by atoms with Crippen molar-refractivity contribution in [3.63, 3.8) is 0 Å². The van der Waals surface area contributed by atoms with Gasteiger partial charge in [-0.25, -0.2) is 0 Å². The maximum absolute atomic E-state index is 12.3. The standard InChI is InChI=1S/C15H24N2O2/c1-6-16-13-9-11(2)7-8-12(13)14(18)17-15(3,4)10-19-5/h7-9,16H,6,10H2,1-5H3,(H,17,18). The van der Waals surface area contributed by atoms with Crippen LogP contribution in [-0.4, -0.2) is 31.7 Å². The summed E-state index contributed by atoms with van der Waals surface area (Å²) < 4.78 is 5.11. The molecule has 0 bridgehead atoms. The molecule has 0 aliphatic heterocycles. The van der Waals surface area contributed by atoms with E-state index in [1.807, 2.05) is 45.9 Å². The van der Waals surface area contributed by atoms with Gasteiger partial charge < -0.3 is 15.4 Å². The molecule has 0 radical (unpaired) electrons. The topological polar surface area (TPSA) is 50.4 Å².